The predicted octanol–water partition coefficient (Wildman–Crippen LogP) is 0.565. The van der Waals surface area contributed by atoms with Crippen molar-refractivity contribution in [2.75, 3.05) is 19.8 Å². The molecule has 0 aromatic heterocycles. The highest BCUT2D eigenvalue weighted by Gasteiger charge is 2.08. The monoisotopic (exact) mass is 257 g/mol. The lowest BCUT2D eigenvalue weighted by Crippen LogP contribution is -2.23. The van der Waals surface area contributed by atoms with Crippen molar-refractivity contribution in [3.05, 3.63) is 12.2 Å². The number of carbonyl (C=O) groups is 3. The molecule has 0 spiro atoms. The Kier molecular flexibility index (Phi) is 8.26. The number of rotatable bonds is 8. The molecule has 0 atom stereocenters. The van der Waals surface area contributed by atoms with Crippen LogP contribution in [-0.4, -0.2) is 37.6 Å². The van der Waals surface area contributed by atoms with Crippen molar-refractivity contribution in [1.29, 1.82) is 0 Å². The van der Waals surface area contributed by atoms with Crippen molar-refractivity contribution in [1.82, 2.24) is 5.32 Å². The zero-order valence-corrected chi connectivity index (χ0v) is 10.8. The minimum atomic E-state index is -0.520. The van der Waals surface area contributed by atoms with E-state index in [0.717, 1.165) is 0 Å². The maximum Gasteiger partial charge on any atom is 0.333 e. The molecule has 0 unspecified atom stereocenters. The van der Waals surface area contributed by atoms with Gasteiger partial charge >= 0.3 is 11.9 Å². The second kappa shape index (κ2) is 9.21. The minimum Gasteiger partial charge on any atom is -0.462 e. The Labute approximate surface area is 106 Å². The van der Waals surface area contributed by atoms with Crippen LogP contribution in [0.25, 0.3) is 0 Å². The molecule has 0 radical (unpaired) electrons. The van der Waals surface area contributed by atoms with E-state index in [1.165, 1.54) is 6.92 Å². The van der Waals surface area contributed by atoms with E-state index in [1.54, 1.807) is 6.92 Å². The summed E-state index contributed by atoms with van der Waals surface area (Å²) in [5, 5.41) is 2.57. The fourth-order valence-corrected chi connectivity index (χ4v) is 0.986. The number of ether oxygens (including phenoxy) is 2. The predicted molar refractivity (Wildman–Crippen MR) is 64.6 cm³/mol. The number of hydrogen-bond donors (Lipinski definition) is 1. The minimum absolute atomic E-state index is 0.0142. The number of hydrogen-bond acceptors (Lipinski definition) is 5. The van der Waals surface area contributed by atoms with Crippen LogP contribution >= 0.6 is 0 Å². The van der Waals surface area contributed by atoms with Gasteiger partial charge in [-0.05, 0) is 13.8 Å². The summed E-state index contributed by atoms with van der Waals surface area (Å²) in [7, 11) is 0. The highest BCUT2D eigenvalue weighted by Crippen LogP contribution is 1.95. The second-order valence-electron chi connectivity index (χ2n) is 3.59. The Morgan fingerprint density at radius 2 is 1.72 bits per heavy atom. The largest absolute Gasteiger partial charge is 0.462 e. The third-order valence-corrected chi connectivity index (χ3v) is 1.86. The summed E-state index contributed by atoms with van der Waals surface area (Å²) >= 11 is 0. The van der Waals surface area contributed by atoms with Crippen molar-refractivity contribution in [2.24, 2.45) is 0 Å². The summed E-state index contributed by atoms with van der Waals surface area (Å²) in [5.74, 6) is -1.20. The van der Waals surface area contributed by atoms with Crippen LogP contribution in [-0.2, 0) is 23.9 Å². The van der Waals surface area contributed by atoms with E-state index < -0.39 is 11.9 Å². The van der Waals surface area contributed by atoms with E-state index in [1.807, 2.05) is 0 Å². The molecule has 1 amide bonds. The molecule has 6 nitrogen and oxygen atoms in total. The van der Waals surface area contributed by atoms with Gasteiger partial charge in [0.25, 0.3) is 0 Å². The lowest BCUT2D eigenvalue weighted by atomic mass is 10.3. The standard InChI is InChI=1S/C12H19NO5/c1-4-13-10(14)5-6-11(15)17-7-8-18-12(16)9(2)3/h2,4-8H2,1,3H3,(H,13,14). The van der Waals surface area contributed by atoms with Crippen molar-refractivity contribution < 1.29 is 23.9 Å². The lowest BCUT2D eigenvalue weighted by molar-refractivity contribution is -0.150. The highest BCUT2D eigenvalue weighted by atomic mass is 16.6. The normalized spacial score (nSPS) is 9.44. The van der Waals surface area contributed by atoms with Crippen LogP contribution in [0.3, 0.4) is 0 Å². The average Bonchev–Trinajstić information content (AvgIpc) is 2.32. The molecule has 102 valence electrons. The molecule has 0 rings (SSSR count). The molecule has 0 bridgehead atoms. The lowest BCUT2D eigenvalue weighted by Gasteiger charge is -2.06. The molecule has 0 saturated carbocycles. The van der Waals surface area contributed by atoms with Gasteiger partial charge in [-0.1, -0.05) is 6.58 Å². The average molecular weight is 257 g/mol. The maximum atomic E-state index is 11.2. The van der Waals surface area contributed by atoms with Gasteiger partial charge in [-0.15, -0.1) is 0 Å². The molecule has 0 fully saturated rings. The van der Waals surface area contributed by atoms with Crippen LogP contribution in [0, 0.1) is 0 Å². The second-order valence-corrected chi connectivity index (χ2v) is 3.59. The van der Waals surface area contributed by atoms with Crippen LogP contribution in [0.15, 0.2) is 12.2 Å². The van der Waals surface area contributed by atoms with Crippen LogP contribution in [0.1, 0.15) is 26.7 Å². The topological polar surface area (TPSA) is 81.7 Å². The molecule has 0 aliphatic carbocycles. The summed E-state index contributed by atoms with van der Waals surface area (Å²) in [5.41, 5.74) is 0.289. The summed E-state index contributed by atoms with van der Waals surface area (Å²) < 4.78 is 9.50. The number of amides is 1. The third-order valence-electron chi connectivity index (χ3n) is 1.86. The van der Waals surface area contributed by atoms with Crippen molar-refractivity contribution >= 4 is 17.8 Å². The van der Waals surface area contributed by atoms with Crippen molar-refractivity contribution in [3.63, 3.8) is 0 Å². The number of nitrogens with one attached hydrogen (secondary N) is 1. The summed E-state index contributed by atoms with van der Waals surface area (Å²) in [6.07, 6.45) is 0.110. The van der Waals surface area contributed by atoms with E-state index in [-0.39, 0.29) is 37.5 Å². The molecule has 0 saturated heterocycles. The molecule has 0 aliphatic heterocycles. The summed E-state index contributed by atoms with van der Waals surface area (Å²) in [4.78, 5) is 33.2. The fourth-order valence-electron chi connectivity index (χ4n) is 0.986. The molecule has 0 heterocycles. The molecular formula is C12H19NO5. The number of carbonyl (C=O) groups excluding carboxylic acids is 3. The van der Waals surface area contributed by atoms with E-state index in [2.05, 4.69) is 11.9 Å². The molecule has 6 heteroatoms. The highest BCUT2D eigenvalue weighted by molar-refractivity contribution is 5.86. The van der Waals surface area contributed by atoms with E-state index >= 15 is 0 Å². The molecular weight excluding hydrogens is 238 g/mol. The summed E-state index contributed by atoms with van der Waals surface area (Å²) in [6, 6.07) is 0. The first kappa shape index (κ1) is 16.1. The smallest absolute Gasteiger partial charge is 0.333 e. The van der Waals surface area contributed by atoms with Gasteiger partial charge in [0, 0.05) is 18.5 Å². The molecule has 0 aliphatic rings. The van der Waals surface area contributed by atoms with Crippen molar-refractivity contribution in [3.8, 4) is 0 Å². The van der Waals surface area contributed by atoms with Crippen LogP contribution in [0.2, 0.25) is 0 Å². The van der Waals surface area contributed by atoms with Gasteiger partial charge in [0.1, 0.15) is 13.2 Å². The van der Waals surface area contributed by atoms with Gasteiger partial charge in [0.05, 0.1) is 6.42 Å². The van der Waals surface area contributed by atoms with Crippen molar-refractivity contribution in [2.45, 2.75) is 26.7 Å². The van der Waals surface area contributed by atoms with Gasteiger partial charge in [-0.25, -0.2) is 4.79 Å². The molecule has 1 N–H and O–H groups in total. The van der Waals surface area contributed by atoms with Gasteiger partial charge in [0.15, 0.2) is 0 Å². The van der Waals surface area contributed by atoms with E-state index in [9.17, 15) is 14.4 Å². The maximum absolute atomic E-state index is 11.2. The first-order valence-corrected chi connectivity index (χ1v) is 5.72. The summed E-state index contributed by atoms with van der Waals surface area (Å²) in [6.45, 7) is 7.23. The number of esters is 2. The van der Waals surface area contributed by atoms with Crippen LogP contribution in [0.4, 0.5) is 0 Å². The first-order valence-electron chi connectivity index (χ1n) is 5.72. The SMILES string of the molecule is C=C(C)C(=O)OCCOC(=O)CCC(=O)NCC. The first-order chi connectivity index (χ1) is 8.47. The Bertz CT molecular complexity index is 324. The Morgan fingerprint density at radius 1 is 1.11 bits per heavy atom. The molecule has 0 aromatic rings. The van der Waals surface area contributed by atoms with Gasteiger partial charge in [-0.2, -0.15) is 0 Å². The van der Waals surface area contributed by atoms with Gasteiger partial charge < -0.3 is 14.8 Å². The van der Waals surface area contributed by atoms with E-state index in [4.69, 9.17) is 9.47 Å². The van der Waals surface area contributed by atoms with Gasteiger partial charge in [-0.3, -0.25) is 9.59 Å². The fraction of sp³-hybridized carbons (Fsp3) is 0.583. The zero-order valence-electron chi connectivity index (χ0n) is 10.8. The van der Waals surface area contributed by atoms with Crippen LogP contribution in [0.5, 0.6) is 0 Å². The van der Waals surface area contributed by atoms with Gasteiger partial charge in [0.2, 0.25) is 5.91 Å². The molecule has 0 aromatic carbocycles. The Hall–Kier alpha value is -1.85. The quantitative estimate of drug-likeness (QED) is 0.390. The molecule has 18 heavy (non-hydrogen) atoms. The third kappa shape index (κ3) is 8.32. The zero-order chi connectivity index (χ0) is 14.0. The van der Waals surface area contributed by atoms with E-state index in [0.29, 0.717) is 6.54 Å². The Morgan fingerprint density at radius 3 is 2.28 bits per heavy atom. The Balaban J connectivity index is 3.57. The van der Waals surface area contributed by atoms with Crippen LogP contribution < -0.4 is 5.32 Å².